The van der Waals surface area contributed by atoms with Gasteiger partial charge in [-0.25, -0.2) is 0 Å². The van der Waals surface area contributed by atoms with Crippen molar-refractivity contribution in [3.8, 4) is 0 Å². The molecule has 1 aliphatic heterocycles. The van der Waals surface area contributed by atoms with Crippen LogP contribution in [-0.4, -0.2) is 34.6 Å². The second kappa shape index (κ2) is 9.71. The molecular weight excluding hydrogens is 416 g/mol. The van der Waals surface area contributed by atoms with E-state index in [4.69, 9.17) is 11.6 Å². The van der Waals surface area contributed by atoms with Gasteiger partial charge in [0.05, 0.1) is 4.91 Å². The van der Waals surface area contributed by atoms with Crippen LogP contribution in [0.4, 0.5) is 0 Å². The largest absolute Gasteiger partial charge is 0.350 e. The van der Waals surface area contributed by atoms with Gasteiger partial charge in [-0.05, 0) is 36.1 Å². The summed E-state index contributed by atoms with van der Waals surface area (Å²) in [6, 6.07) is 17.5. The molecule has 0 bridgehead atoms. The number of amides is 2. The molecule has 4 nitrogen and oxygen atoms in total. The Kier molecular flexibility index (Phi) is 6.80. The van der Waals surface area contributed by atoms with Gasteiger partial charge in [0.25, 0.3) is 5.91 Å². The molecule has 2 aromatic rings. The molecule has 156 valence electrons. The molecule has 2 amide bonds. The number of hydrogen-bond acceptors (Lipinski definition) is 3. The minimum atomic E-state index is -0.154. The fraction of sp³-hybridized carbons (Fsp3) is 0.333. The molecule has 6 heteroatoms. The van der Waals surface area contributed by atoms with E-state index in [2.05, 4.69) is 5.32 Å². The van der Waals surface area contributed by atoms with Gasteiger partial charge in [-0.3, -0.25) is 9.59 Å². The lowest BCUT2D eigenvalue weighted by atomic mass is 9.93. The SMILES string of the molecule is O=C(CN1C(=O)/C(=C/c2ccccc2)SC2CCCCC21)NCc1ccccc1Cl. The average molecular weight is 441 g/mol. The maximum Gasteiger partial charge on any atom is 0.261 e. The zero-order valence-corrected chi connectivity index (χ0v) is 18.3. The van der Waals surface area contributed by atoms with Crippen LogP contribution >= 0.6 is 23.4 Å². The number of thioether (sulfide) groups is 1. The first-order valence-corrected chi connectivity index (χ1v) is 11.6. The first-order chi connectivity index (χ1) is 14.6. The van der Waals surface area contributed by atoms with Gasteiger partial charge in [-0.1, -0.05) is 73.0 Å². The Morgan fingerprint density at radius 2 is 1.83 bits per heavy atom. The zero-order chi connectivity index (χ0) is 20.9. The molecule has 1 saturated heterocycles. The van der Waals surface area contributed by atoms with Gasteiger partial charge in [0, 0.05) is 22.9 Å². The van der Waals surface area contributed by atoms with Crippen molar-refractivity contribution in [2.75, 3.05) is 6.54 Å². The standard InChI is InChI=1S/C24H25ClN2O2S/c25-19-11-5-4-10-18(19)15-26-23(28)16-27-20-12-6-7-13-21(20)30-22(24(27)29)14-17-8-2-1-3-9-17/h1-5,8-11,14,20-21H,6-7,12-13,15-16H2,(H,26,28)/b22-14-. The second-order valence-corrected chi connectivity index (χ2v) is 9.42. The Balaban J connectivity index is 1.49. The van der Waals surface area contributed by atoms with E-state index in [0.717, 1.165) is 35.3 Å². The van der Waals surface area contributed by atoms with Crippen LogP contribution in [0.1, 0.15) is 36.8 Å². The fourth-order valence-corrected chi connectivity index (χ4v) is 5.78. The first kappa shape index (κ1) is 21.0. The molecular formula is C24H25ClN2O2S. The number of carbonyl (C=O) groups excluding carboxylic acids is 2. The summed E-state index contributed by atoms with van der Waals surface area (Å²) in [5, 5.41) is 3.90. The van der Waals surface area contributed by atoms with E-state index in [1.807, 2.05) is 60.7 Å². The van der Waals surface area contributed by atoms with Crippen molar-refractivity contribution in [2.45, 2.75) is 43.5 Å². The lowest BCUT2D eigenvalue weighted by Gasteiger charge is -2.43. The molecule has 30 heavy (non-hydrogen) atoms. The monoisotopic (exact) mass is 440 g/mol. The third kappa shape index (κ3) is 4.90. The number of benzene rings is 2. The molecule has 1 N–H and O–H groups in total. The van der Waals surface area contributed by atoms with Crippen LogP contribution in [0.25, 0.3) is 6.08 Å². The number of halogens is 1. The first-order valence-electron chi connectivity index (χ1n) is 10.4. The highest BCUT2D eigenvalue weighted by molar-refractivity contribution is 8.04. The van der Waals surface area contributed by atoms with E-state index in [1.165, 1.54) is 6.42 Å². The van der Waals surface area contributed by atoms with Gasteiger partial charge >= 0.3 is 0 Å². The summed E-state index contributed by atoms with van der Waals surface area (Å²) in [7, 11) is 0. The Bertz CT molecular complexity index is 947. The minimum Gasteiger partial charge on any atom is -0.350 e. The summed E-state index contributed by atoms with van der Waals surface area (Å²) in [5.74, 6) is -0.196. The Morgan fingerprint density at radius 1 is 1.10 bits per heavy atom. The van der Waals surface area contributed by atoms with Crippen molar-refractivity contribution in [1.29, 1.82) is 0 Å². The van der Waals surface area contributed by atoms with Crippen LogP contribution < -0.4 is 5.32 Å². The zero-order valence-electron chi connectivity index (χ0n) is 16.7. The second-order valence-electron chi connectivity index (χ2n) is 7.73. The van der Waals surface area contributed by atoms with Crippen LogP contribution in [0.2, 0.25) is 5.02 Å². The molecule has 0 spiro atoms. The Morgan fingerprint density at radius 3 is 2.63 bits per heavy atom. The summed E-state index contributed by atoms with van der Waals surface area (Å²) in [6.07, 6.45) is 6.26. The van der Waals surface area contributed by atoms with Crippen molar-refractivity contribution in [3.05, 3.63) is 75.7 Å². The molecule has 2 aromatic carbocycles. The van der Waals surface area contributed by atoms with Gasteiger partial charge in [0.2, 0.25) is 5.91 Å². The summed E-state index contributed by atoms with van der Waals surface area (Å²) in [5.41, 5.74) is 1.87. The molecule has 2 aliphatic rings. The molecule has 1 aliphatic carbocycles. The van der Waals surface area contributed by atoms with Crippen LogP contribution in [0.5, 0.6) is 0 Å². The number of nitrogens with one attached hydrogen (secondary N) is 1. The van der Waals surface area contributed by atoms with Gasteiger partial charge in [0.1, 0.15) is 6.54 Å². The van der Waals surface area contributed by atoms with Gasteiger partial charge in [0.15, 0.2) is 0 Å². The van der Waals surface area contributed by atoms with E-state index >= 15 is 0 Å². The van der Waals surface area contributed by atoms with E-state index in [-0.39, 0.29) is 24.4 Å². The third-order valence-electron chi connectivity index (χ3n) is 5.66. The smallest absolute Gasteiger partial charge is 0.261 e. The normalized spacial score (nSPS) is 22.6. The summed E-state index contributed by atoms with van der Waals surface area (Å²) in [4.78, 5) is 28.5. The number of hydrogen-bond donors (Lipinski definition) is 1. The Hall–Kier alpha value is -2.24. The lowest BCUT2D eigenvalue weighted by Crippen LogP contribution is -2.54. The predicted octanol–water partition coefficient (Wildman–Crippen LogP) is 4.88. The van der Waals surface area contributed by atoms with Crippen LogP contribution in [0.15, 0.2) is 59.5 Å². The van der Waals surface area contributed by atoms with Crippen molar-refractivity contribution in [1.82, 2.24) is 10.2 Å². The molecule has 2 unspecified atom stereocenters. The minimum absolute atomic E-state index is 0.0418. The highest BCUT2D eigenvalue weighted by Crippen LogP contribution is 2.42. The lowest BCUT2D eigenvalue weighted by molar-refractivity contribution is -0.135. The number of nitrogens with zero attached hydrogens (tertiary/aromatic N) is 1. The van der Waals surface area contributed by atoms with Crippen LogP contribution in [0.3, 0.4) is 0 Å². The van der Waals surface area contributed by atoms with Gasteiger partial charge in [-0.15, -0.1) is 11.8 Å². The highest BCUT2D eigenvalue weighted by atomic mass is 35.5. The van der Waals surface area contributed by atoms with Gasteiger partial charge < -0.3 is 10.2 Å². The summed E-state index contributed by atoms with van der Waals surface area (Å²) < 4.78 is 0. The quantitative estimate of drug-likeness (QED) is 0.674. The fourth-order valence-electron chi connectivity index (χ4n) is 4.11. The van der Waals surface area contributed by atoms with Crippen molar-refractivity contribution in [3.63, 3.8) is 0 Å². The molecule has 4 rings (SSSR count). The number of rotatable bonds is 5. The average Bonchev–Trinajstić information content (AvgIpc) is 2.77. The Labute approximate surface area is 186 Å². The van der Waals surface area contributed by atoms with E-state index in [0.29, 0.717) is 16.8 Å². The molecule has 0 radical (unpaired) electrons. The number of fused-ring (bicyclic) bond motifs is 1. The van der Waals surface area contributed by atoms with Crippen LogP contribution in [-0.2, 0) is 16.1 Å². The van der Waals surface area contributed by atoms with Crippen molar-refractivity contribution >= 4 is 41.3 Å². The van der Waals surface area contributed by atoms with E-state index in [9.17, 15) is 9.59 Å². The number of carbonyl (C=O) groups is 2. The molecule has 1 heterocycles. The topological polar surface area (TPSA) is 49.4 Å². The molecule has 1 saturated carbocycles. The summed E-state index contributed by atoms with van der Waals surface area (Å²) in [6.45, 7) is 0.438. The molecule has 2 atom stereocenters. The van der Waals surface area contributed by atoms with Crippen LogP contribution in [0, 0.1) is 0 Å². The van der Waals surface area contributed by atoms with Crippen molar-refractivity contribution < 1.29 is 9.59 Å². The van der Waals surface area contributed by atoms with E-state index < -0.39 is 0 Å². The molecule has 2 fully saturated rings. The predicted molar refractivity (Wildman–Crippen MR) is 123 cm³/mol. The maximum absolute atomic E-state index is 13.3. The highest BCUT2D eigenvalue weighted by Gasteiger charge is 2.41. The maximum atomic E-state index is 13.3. The van der Waals surface area contributed by atoms with Crippen molar-refractivity contribution in [2.24, 2.45) is 0 Å². The third-order valence-corrected chi connectivity index (χ3v) is 7.43. The van der Waals surface area contributed by atoms with E-state index in [1.54, 1.807) is 16.7 Å². The van der Waals surface area contributed by atoms with Gasteiger partial charge in [-0.2, -0.15) is 0 Å². The summed E-state index contributed by atoms with van der Waals surface area (Å²) >= 11 is 7.87. The molecule has 0 aromatic heterocycles.